The minimum Gasteiger partial charge on any atom is -0.453 e. The molecule has 0 aliphatic heterocycles. The normalized spacial score (nSPS) is 13.4. The number of amides is 4. The highest BCUT2D eigenvalue weighted by Crippen LogP contribution is 2.28. The number of benzene rings is 2. The summed E-state index contributed by atoms with van der Waals surface area (Å²) >= 11 is 1.48. The van der Waals surface area contributed by atoms with E-state index in [2.05, 4.69) is 38.4 Å². The van der Waals surface area contributed by atoms with Crippen LogP contribution in [-0.4, -0.2) is 79.3 Å². The number of ether oxygens (including phenoxy) is 2. The highest BCUT2D eigenvalue weighted by molar-refractivity contribution is 7.13. The van der Waals surface area contributed by atoms with Crippen LogP contribution < -0.4 is 26.2 Å². The largest absolute Gasteiger partial charge is 0.453 e. The number of hydrogen-bond donors (Lipinski definition) is 5. The quantitative estimate of drug-likeness (QED) is 0.0962. The Morgan fingerprint density at radius 3 is 2.29 bits per heavy atom. The van der Waals surface area contributed by atoms with E-state index in [0.29, 0.717) is 12.2 Å². The number of aliphatic hydroxyl groups excluding tert-OH is 1. The zero-order valence-corrected chi connectivity index (χ0v) is 29.5. The van der Waals surface area contributed by atoms with Crippen molar-refractivity contribution < 1.29 is 33.8 Å². The third-order valence-corrected chi connectivity index (χ3v) is 8.80. The average molecular weight is 697 g/mol. The lowest BCUT2D eigenvalue weighted by Crippen LogP contribution is -2.74. The van der Waals surface area contributed by atoms with Gasteiger partial charge in [-0.05, 0) is 61.9 Å². The second-order valence-corrected chi connectivity index (χ2v) is 12.7. The van der Waals surface area contributed by atoms with Crippen molar-refractivity contribution in [3.05, 3.63) is 71.9 Å². The number of unbranched alkanes of at least 4 members (excludes halogenated alkanes) is 1. The maximum absolute atomic E-state index is 14.9. The molecular formula is C35H48N6O7S. The Morgan fingerprint density at radius 2 is 1.69 bits per heavy atom. The van der Waals surface area contributed by atoms with Gasteiger partial charge in [-0.25, -0.2) is 9.59 Å². The molecule has 3 atom stereocenters. The average Bonchev–Trinajstić information content (AvgIpc) is 3.65. The van der Waals surface area contributed by atoms with Gasteiger partial charge in [0.25, 0.3) is 5.91 Å². The topological polar surface area (TPSA) is 171 Å². The van der Waals surface area contributed by atoms with Crippen LogP contribution in [0.2, 0.25) is 0 Å². The molecule has 3 rings (SSSR count). The first kappa shape index (κ1) is 38.9. The van der Waals surface area contributed by atoms with Gasteiger partial charge in [-0.3, -0.25) is 30.1 Å². The molecule has 0 spiro atoms. The number of nitrogens with zero attached hydrogens (tertiary/aromatic N) is 2. The van der Waals surface area contributed by atoms with Crippen molar-refractivity contribution in [2.45, 2.75) is 58.7 Å². The Balaban J connectivity index is 1.97. The number of rotatable bonds is 18. The van der Waals surface area contributed by atoms with Crippen molar-refractivity contribution in [2.75, 3.05) is 38.4 Å². The number of aromatic nitrogens is 1. The summed E-state index contributed by atoms with van der Waals surface area (Å²) in [5, 5.41) is 21.5. The molecule has 1 aromatic heterocycles. The van der Waals surface area contributed by atoms with Gasteiger partial charge in [-0.15, -0.1) is 11.3 Å². The number of alkyl carbamates (subject to hydrolysis) is 2. The lowest BCUT2D eigenvalue weighted by molar-refractivity contribution is -0.137. The van der Waals surface area contributed by atoms with Crippen LogP contribution in [0.4, 0.5) is 15.3 Å². The van der Waals surface area contributed by atoms with Crippen LogP contribution in [0.15, 0.2) is 66.3 Å². The lowest BCUT2D eigenvalue weighted by Gasteiger charge is -2.42. The van der Waals surface area contributed by atoms with E-state index in [1.165, 1.54) is 28.7 Å². The SMILES string of the molecule is CCOC(=O)N[C@H](C(=O)N[C@@](NC(=O)OC)(C(=O)N(CNCCCCc1ccccc1)c1ccc(-c2cncs2)cc1)C(C)CO)C(C)C. The Hall–Kier alpha value is -4.53. The molecule has 2 aromatic carbocycles. The van der Waals surface area contributed by atoms with E-state index in [1.54, 1.807) is 44.6 Å². The van der Waals surface area contributed by atoms with Gasteiger partial charge in [0.2, 0.25) is 11.6 Å². The van der Waals surface area contributed by atoms with Crippen LogP contribution in [0.3, 0.4) is 0 Å². The summed E-state index contributed by atoms with van der Waals surface area (Å²) in [7, 11) is 1.13. The maximum atomic E-state index is 14.9. The number of carbonyl (C=O) groups is 4. The second-order valence-electron chi connectivity index (χ2n) is 11.8. The van der Waals surface area contributed by atoms with Gasteiger partial charge in [-0.1, -0.05) is 63.2 Å². The van der Waals surface area contributed by atoms with Crippen LogP contribution in [0.1, 0.15) is 46.1 Å². The van der Waals surface area contributed by atoms with Crippen molar-refractivity contribution in [3.63, 3.8) is 0 Å². The third-order valence-electron chi connectivity index (χ3n) is 7.98. The van der Waals surface area contributed by atoms with Crippen molar-refractivity contribution in [2.24, 2.45) is 11.8 Å². The van der Waals surface area contributed by atoms with Crippen molar-refractivity contribution in [1.82, 2.24) is 26.3 Å². The molecule has 0 fully saturated rings. The molecule has 1 heterocycles. The first-order valence-electron chi connectivity index (χ1n) is 16.3. The van der Waals surface area contributed by atoms with E-state index in [1.807, 2.05) is 30.3 Å². The van der Waals surface area contributed by atoms with E-state index >= 15 is 0 Å². The Morgan fingerprint density at radius 1 is 0.980 bits per heavy atom. The first-order valence-corrected chi connectivity index (χ1v) is 17.2. The number of nitrogens with one attached hydrogen (secondary N) is 4. The van der Waals surface area contributed by atoms with Crippen LogP contribution in [0.5, 0.6) is 0 Å². The van der Waals surface area contributed by atoms with Gasteiger partial charge in [0, 0.05) is 17.8 Å². The number of carbonyl (C=O) groups excluding carboxylic acids is 4. The molecule has 0 bridgehead atoms. The molecule has 14 heteroatoms. The minimum absolute atomic E-state index is 0.0113. The number of methoxy groups -OCH3 is 1. The molecule has 4 amide bonds. The number of anilines is 1. The summed E-state index contributed by atoms with van der Waals surface area (Å²) in [6.45, 7) is 6.64. The van der Waals surface area contributed by atoms with E-state index in [0.717, 1.165) is 36.8 Å². The minimum atomic E-state index is -2.20. The number of hydrogen-bond acceptors (Lipinski definition) is 10. The standard InChI is InChI=1S/C35H48N6O7S/c1-6-48-33(45)38-30(24(2)3)31(43)39-35(25(4)21-42,40-34(46)47-5)32(44)41(22-36-19-11-10-14-26-12-8-7-9-13-26)28-17-15-27(16-18-28)29-20-37-23-49-29/h7-9,12-13,15-18,20,23-25,30,36,42H,6,10-11,14,19,21-22H2,1-5H3,(H,38,45)(H,39,43)(H,40,46)/t25?,30-,35-/m0/s1. The Kier molecular flexibility index (Phi) is 15.5. The predicted molar refractivity (Wildman–Crippen MR) is 189 cm³/mol. The van der Waals surface area contributed by atoms with Crippen molar-refractivity contribution in [3.8, 4) is 10.4 Å². The summed E-state index contributed by atoms with van der Waals surface area (Å²) in [4.78, 5) is 60.4. The number of thiazole rings is 1. The molecule has 0 radical (unpaired) electrons. The summed E-state index contributed by atoms with van der Waals surface area (Å²) in [6.07, 6.45) is 2.58. The molecule has 0 saturated carbocycles. The molecule has 0 aliphatic rings. The monoisotopic (exact) mass is 696 g/mol. The summed E-state index contributed by atoms with van der Waals surface area (Å²) < 4.78 is 9.86. The van der Waals surface area contributed by atoms with Crippen molar-refractivity contribution in [1.29, 1.82) is 0 Å². The maximum Gasteiger partial charge on any atom is 0.409 e. The lowest BCUT2D eigenvalue weighted by atomic mass is 9.91. The molecule has 0 aliphatic carbocycles. The van der Waals surface area contributed by atoms with E-state index in [9.17, 15) is 24.3 Å². The van der Waals surface area contributed by atoms with Crippen LogP contribution >= 0.6 is 11.3 Å². The molecule has 13 nitrogen and oxygen atoms in total. The number of aliphatic hydroxyl groups is 1. The van der Waals surface area contributed by atoms with Gasteiger partial charge in [0.05, 0.1) is 37.4 Å². The fourth-order valence-electron chi connectivity index (χ4n) is 5.12. The molecule has 1 unspecified atom stereocenters. The predicted octanol–water partition coefficient (Wildman–Crippen LogP) is 4.28. The highest BCUT2D eigenvalue weighted by atomic mass is 32.1. The fourth-order valence-corrected chi connectivity index (χ4v) is 5.75. The smallest absolute Gasteiger partial charge is 0.409 e. The van der Waals surface area contributed by atoms with Crippen molar-refractivity contribution >= 4 is 41.0 Å². The van der Waals surface area contributed by atoms with Gasteiger partial charge in [0.1, 0.15) is 6.04 Å². The fraction of sp³-hybridized carbons (Fsp3) is 0.457. The van der Waals surface area contributed by atoms with Crippen LogP contribution in [0.25, 0.3) is 10.4 Å². The summed E-state index contributed by atoms with van der Waals surface area (Å²) in [5.74, 6) is -3.01. The zero-order valence-electron chi connectivity index (χ0n) is 28.7. The number of aryl methyl sites for hydroxylation is 1. The van der Waals surface area contributed by atoms with Gasteiger partial charge in [-0.2, -0.15) is 0 Å². The Labute approximate surface area is 291 Å². The van der Waals surface area contributed by atoms with Crippen LogP contribution in [0, 0.1) is 11.8 Å². The summed E-state index contributed by atoms with van der Waals surface area (Å²) in [6, 6.07) is 16.2. The second kappa shape index (κ2) is 19.5. The van der Waals surface area contributed by atoms with E-state index < -0.39 is 54.1 Å². The zero-order chi connectivity index (χ0) is 35.8. The van der Waals surface area contributed by atoms with Gasteiger partial charge < -0.3 is 25.2 Å². The van der Waals surface area contributed by atoms with Crippen LogP contribution in [-0.2, 0) is 25.5 Å². The van der Waals surface area contributed by atoms with Gasteiger partial charge in [0.15, 0.2) is 0 Å². The van der Waals surface area contributed by atoms with E-state index in [4.69, 9.17) is 9.47 Å². The molecule has 5 N–H and O–H groups in total. The first-order chi connectivity index (χ1) is 23.6. The highest BCUT2D eigenvalue weighted by Gasteiger charge is 2.50. The van der Waals surface area contributed by atoms with E-state index in [-0.39, 0.29) is 13.3 Å². The third kappa shape index (κ3) is 11.0. The molecular weight excluding hydrogens is 648 g/mol. The molecule has 3 aromatic rings. The molecule has 49 heavy (non-hydrogen) atoms. The Bertz CT molecular complexity index is 1470. The summed E-state index contributed by atoms with van der Waals surface area (Å²) in [5.41, 5.74) is 2.13. The van der Waals surface area contributed by atoms with Gasteiger partial charge >= 0.3 is 12.2 Å². The molecule has 266 valence electrons. The molecule has 0 saturated heterocycles.